The van der Waals surface area contributed by atoms with Crippen LogP contribution in [-0.2, 0) is 0 Å². The second-order valence-electron chi connectivity index (χ2n) is 1.90. The van der Waals surface area contributed by atoms with Crippen LogP contribution >= 0.6 is 15.9 Å². The SMILES string of the molecule is CC/C=C/CC(C)Br. The third kappa shape index (κ3) is 6.22. The van der Waals surface area contributed by atoms with Gasteiger partial charge < -0.3 is 0 Å². The highest BCUT2D eigenvalue weighted by atomic mass is 79.9. The molecule has 0 spiro atoms. The molecule has 0 aromatic carbocycles. The minimum Gasteiger partial charge on any atom is -0.0890 e. The summed E-state index contributed by atoms with van der Waals surface area (Å²) < 4.78 is 0. The molecule has 0 aromatic heterocycles. The maximum atomic E-state index is 3.45. The van der Waals surface area contributed by atoms with E-state index in [1.165, 1.54) is 0 Å². The number of hydrogen-bond donors (Lipinski definition) is 0. The summed E-state index contributed by atoms with van der Waals surface area (Å²) in [5.41, 5.74) is 0. The molecular formula is C7H13Br. The minimum atomic E-state index is 0.630. The summed E-state index contributed by atoms with van der Waals surface area (Å²) in [6, 6.07) is 0. The third-order valence-electron chi connectivity index (χ3n) is 0.863. The summed E-state index contributed by atoms with van der Waals surface area (Å²) >= 11 is 3.45. The molecule has 0 aliphatic carbocycles. The molecule has 1 heteroatoms. The van der Waals surface area contributed by atoms with Gasteiger partial charge in [-0.3, -0.25) is 0 Å². The molecule has 0 aliphatic rings. The second-order valence-corrected chi connectivity index (χ2v) is 3.46. The van der Waals surface area contributed by atoms with Gasteiger partial charge >= 0.3 is 0 Å². The molecular weight excluding hydrogens is 164 g/mol. The molecule has 0 bridgehead atoms. The molecule has 0 fully saturated rings. The van der Waals surface area contributed by atoms with Crippen LogP contribution in [0.4, 0.5) is 0 Å². The average molecular weight is 177 g/mol. The lowest BCUT2D eigenvalue weighted by molar-refractivity contribution is 0.991. The van der Waals surface area contributed by atoms with Crippen LogP contribution in [-0.4, -0.2) is 4.83 Å². The smallest absolute Gasteiger partial charge is 0.0152 e. The number of hydrogen-bond acceptors (Lipinski definition) is 0. The van der Waals surface area contributed by atoms with Crippen molar-refractivity contribution in [3.8, 4) is 0 Å². The molecule has 0 heterocycles. The van der Waals surface area contributed by atoms with Gasteiger partial charge in [-0.1, -0.05) is 41.9 Å². The summed E-state index contributed by atoms with van der Waals surface area (Å²) in [5.74, 6) is 0. The van der Waals surface area contributed by atoms with Crippen molar-refractivity contribution in [1.29, 1.82) is 0 Å². The lowest BCUT2D eigenvalue weighted by Crippen LogP contribution is -1.83. The summed E-state index contributed by atoms with van der Waals surface area (Å²) in [4.78, 5) is 0.630. The monoisotopic (exact) mass is 176 g/mol. The number of rotatable bonds is 3. The van der Waals surface area contributed by atoms with Gasteiger partial charge in [0, 0.05) is 4.83 Å². The Morgan fingerprint density at radius 3 is 2.50 bits per heavy atom. The predicted molar refractivity (Wildman–Crippen MR) is 42.4 cm³/mol. The zero-order valence-electron chi connectivity index (χ0n) is 5.52. The van der Waals surface area contributed by atoms with Crippen LogP contribution in [0.15, 0.2) is 12.2 Å². The first-order chi connectivity index (χ1) is 3.77. The largest absolute Gasteiger partial charge is 0.0890 e. The summed E-state index contributed by atoms with van der Waals surface area (Å²) in [6.07, 6.45) is 6.70. The summed E-state index contributed by atoms with van der Waals surface area (Å²) in [6.45, 7) is 4.30. The quantitative estimate of drug-likeness (QED) is 0.459. The van der Waals surface area contributed by atoms with Gasteiger partial charge in [-0.25, -0.2) is 0 Å². The molecule has 0 nitrogen and oxygen atoms in total. The van der Waals surface area contributed by atoms with Crippen LogP contribution in [0.3, 0.4) is 0 Å². The van der Waals surface area contributed by atoms with Gasteiger partial charge in [0.25, 0.3) is 0 Å². The van der Waals surface area contributed by atoms with E-state index in [4.69, 9.17) is 0 Å². The summed E-state index contributed by atoms with van der Waals surface area (Å²) in [5, 5.41) is 0. The Hall–Kier alpha value is 0.220. The van der Waals surface area contributed by atoms with Gasteiger partial charge in [0.2, 0.25) is 0 Å². The fourth-order valence-electron chi connectivity index (χ4n) is 0.450. The van der Waals surface area contributed by atoms with Crippen LogP contribution in [0.5, 0.6) is 0 Å². The van der Waals surface area contributed by atoms with Gasteiger partial charge in [-0.2, -0.15) is 0 Å². The predicted octanol–water partition coefficient (Wildman–Crippen LogP) is 3.13. The van der Waals surface area contributed by atoms with Crippen molar-refractivity contribution in [3.05, 3.63) is 12.2 Å². The van der Waals surface area contributed by atoms with Crippen molar-refractivity contribution in [1.82, 2.24) is 0 Å². The van der Waals surface area contributed by atoms with Crippen LogP contribution in [0.1, 0.15) is 26.7 Å². The van der Waals surface area contributed by atoms with Crippen molar-refractivity contribution in [2.24, 2.45) is 0 Å². The van der Waals surface area contributed by atoms with Gasteiger partial charge in [-0.05, 0) is 12.8 Å². The molecule has 0 saturated heterocycles. The van der Waals surface area contributed by atoms with E-state index in [0.717, 1.165) is 12.8 Å². The highest BCUT2D eigenvalue weighted by molar-refractivity contribution is 9.09. The first-order valence-electron chi connectivity index (χ1n) is 3.06. The van der Waals surface area contributed by atoms with Crippen molar-refractivity contribution in [3.63, 3.8) is 0 Å². The first-order valence-corrected chi connectivity index (χ1v) is 3.98. The fourth-order valence-corrected chi connectivity index (χ4v) is 0.666. The number of alkyl halides is 1. The Morgan fingerprint density at radius 2 is 2.12 bits per heavy atom. The Labute approximate surface area is 60.1 Å². The zero-order chi connectivity index (χ0) is 6.41. The van der Waals surface area contributed by atoms with Gasteiger partial charge in [-0.15, -0.1) is 0 Å². The van der Waals surface area contributed by atoms with E-state index in [2.05, 4.69) is 41.9 Å². The summed E-state index contributed by atoms with van der Waals surface area (Å²) in [7, 11) is 0. The molecule has 48 valence electrons. The maximum absolute atomic E-state index is 3.45. The first kappa shape index (κ1) is 8.22. The van der Waals surface area contributed by atoms with Crippen molar-refractivity contribution >= 4 is 15.9 Å². The molecule has 0 aliphatic heterocycles. The standard InChI is InChI=1S/C7H13Br/c1-3-4-5-6-7(2)8/h4-5,7H,3,6H2,1-2H3/b5-4+. The molecule has 1 atom stereocenters. The van der Waals surface area contributed by atoms with Crippen molar-refractivity contribution in [2.75, 3.05) is 0 Å². The molecule has 0 aromatic rings. The number of halogens is 1. The third-order valence-corrected chi connectivity index (χ3v) is 1.24. The maximum Gasteiger partial charge on any atom is 0.0152 e. The lowest BCUT2D eigenvalue weighted by Gasteiger charge is -1.92. The fraction of sp³-hybridized carbons (Fsp3) is 0.714. The van der Waals surface area contributed by atoms with Crippen LogP contribution in [0.25, 0.3) is 0 Å². The Kier molecular flexibility index (Phi) is 5.51. The van der Waals surface area contributed by atoms with Gasteiger partial charge in [0.1, 0.15) is 0 Å². The van der Waals surface area contributed by atoms with E-state index in [1.54, 1.807) is 0 Å². The molecule has 1 unspecified atom stereocenters. The molecule has 0 saturated carbocycles. The van der Waals surface area contributed by atoms with E-state index >= 15 is 0 Å². The van der Waals surface area contributed by atoms with Crippen LogP contribution in [0, 0.1) is 0 Å². The van der Waals surface area contributed by atoms with E-state index in [9.17, 15) is 0 Å². The molecule has 0 radical (unpaired) electrons. The highest BCUT2D eigenvalue weighted by Gasteiger charge is 1.86. The van der Waals surface area contributed by atoms with E-state index in [0.29, 0.717) is 4.83 Å². The number of allylic oxidation sites excluding steroid dienone is 2. The Bertz CT molecular complexity index is 64.8. The van der Waals surface area contributed by atoms with Crippen LogP contribution in [0.2, 0.25) is 0 Å². The van der Waals surface area contributed by atoms with Gasteiger partial charge in [0.15, 0.2) is 0 Å². The molecule has 8 heavy (non-hydrogen) atoms. The van der Waals surface area contributed by atoms with Crippen molar-refractivity contribution in [2.45, 2.75) is 31.5 Å². The Balaban J connectivity index is 3.03. The normalized spacial score (nSPS) is 14.9. The zero-order valence-corrected chi connectivity index (χ0v) is 7.11. The minimum absolute atomic E-state index is 0.630. The van der Waals surface area contributed by atoms with E-state index < -0.39 is 0 Å². The van der Waals surface area contributed by atoms with E-state index in [1.807, 2.05) is 0 Å². The van der Waals surface area contributed by atoms with E-state index in [-0.39, 0.29) is 0 Å². The molecule has 0 amide bonds. The highest BCUT2D eigenvalue weighted by Crippen LogP contribution is 2.03. The van der Waals surface area contributed by atoms with Crippen molar-refractivity contribution < 1.29 is 0 Å². The van der Waals surface area contributed by atoms with Gasteiger partial charge in [0.05, 0.1) is 0 Å². The van der Waals surface area contributed by atoms with Crippen LogP contribution < -0.4 is 0 Å². The average Bonchev–Trinajstić information content (AvgIpc) is 1.66. The topological polar surface area (TPSA) is 0 Å². The Morgan fingerprint density at radius 1 is 1.50 bits per heavy atom. The molecule has 0 N–H and O–H groups in total. The second kappa shape index (κ2) is 5.36. The lowest BCUT2D eigenvalue weighted by atomic mass is 10.3. The molecule has 0 rings (SSSR count).